The van der Waals surface area contributed by atoms with Gasteiger partial charge in [0.2, 0.25) is 5.91 Å². The topological polar surface area (TPSA) is 56.0 Å². The lowest BCUT2D eigenvalue weighted by molar-refractivity contribution is 0.100. The van der Waals surface area contributed by atoms with Gasteiger partial charge in [-0.1, -0.05) is 12.1 Å². The zero-order chi connectivity index (χ0) is 15.9. The van der Waals surface area contributed by atoms with E-state index < -0.39 is 17.5 Å². The molecule has 0 aliphatic carbocycles. The van der Waals surface area contributed by atoms with Gasteiger partial charge in [-0.25, -0.2) is 13.8 Å². The van der Waals surface area contributed by atoms with E-state index in [-0.39, 0.29) is 0 Å². The standard InChI is InChI=1S/C17H12F2N2O/c1-9-6-15(10-2-4-11(5-3-10)17(20)22)21-16-8-14(19)13(18)7-12(9)16/h2-8H,1H3,(H2,20,22). The highest BCUT2D eigenvalue weighted by Gasteiger charge is 2.10. The van der Waals surface area contributed by atoms with Crippen LogP contribution < -0.4 is 5.73 Å². The first-order valence-electron chi connectivity index (χ1n) is 6.62. The summed E-state index contributed by atoms with van der Waals surface area (Å²) in [6.07, 6.45) is 0. The number of halogens is 2. The van der Waals surface area contributed by atoms with Crippen molar-refractivity contribution >= 4 is 16.8 Å². The summed E-state index contributed by atoms with van der Waals surface area (Å²) >= 11 is 0. The molecule has 0 saturated carbocycles. The molecule has 1 aromatic heterocycles. The maximum Gasteiger partial charge on any atom is 0.248 e. The van der Waals surface area contributed by atoms with E-state index in [1.807, 2.05) is 6.92 Å². The normalized spacial score (nSPS) is 10.9. The minimum absolute atomic E-state index is 0.382. The summed E-state index contributed by atoms with van der Waals surface area (Å²) in [5.74, 6) is -2.33. The molecule has 0 fully saturated rings. The lowest BCUT2D eigenvalue weighted by Gasteiger charge is -2.08. The Morgan fingerprint density at radius 1 is 1.05 bits per heavy atom. The van der Waals surface area contributed by atoms with Gasteiger partial charge in [0, 0.05) is 22.6 Å². The zero-order valence-corrected chi connectivity index (χ0v) is 11.7. The van der Waals surface area contributed by atoms with E-state index in [2.05, 4.69) is 4.98 Å². The third-order valence-corrected chi connectivity index (χ3v) is 3.52. The van der Waals surface area contributed by atoms with Gasteiger partial charge in [-0.2, -0.15) is 0 Å². The first-order valence-corrected chi connectivity index (χ1v) is 6.62. The Morgan fingerprint density at radius 2 is 1.68 bits per heavy atom. The lowest BCUT2D eigenvalue weighted by Crippen LogP contribution is -2.10. The lowest BCUT2D eigenvalue weighted by atomic mass is 10.0. The fraction of sp³-hybridized carbons (Fsp3) is 0.0588. The molecule has 0 spiro atoms. The molecule has 1 heterocycles. The molecule has 110 valence electrons. The molecular formula is C17H12F2N2O. The van der Waals surface area contributed by atoms with E-state index in [0.717, 1.165) is 23.3 Å². The summed E-state index contributed by atoms with van der Waals surface area (Å²) < 4.78 is 26.7. The molecule has 0 aliphatic heterocycles. The Balaban J connectivity index is 2.15. The Kier molecular flexibility index (Phi) is 3.33. The molecule has 0 bridgehead atoms. The van der Waals surface area contributed by atoms with Crippen LogP contribution in [0.4, 0.5) is 8.78 Å². The van der Waals surface area contributed by atoms with Crippen molar-refractivity contribution in [1.82, 2.24) is 4.98 Å². The van der Waals surface area contributed by atoms with Crippen molar-refractivity contribution in [2.24, 2.45) is 5.73 Å². The van der Waals surface area contributed by atoms with Crippen LogP contribution in [0.3, 0.4) is 0 Å². The van der Waals surface area contributed by atoms with Crippen LogP contribution in [0.15, 0.2) is 42.5 Å². The van der Waals surface area contributed by atoms with Crippen LogP contribution in [0.2, 0.25) is 0 Å². The Morgan fingerprint density at radius 3 is 2.32 bits per heavy atom. The fourth-order valence-corrected chi connectivity index (χ4v) is 2.34. The predicted octanol–water partition coefficient (Wildman–Crippen LogP) is 3.59. The second-order valence-corrected chi connectivity index (χ2v) is 5.05. The molecule has 2 aromatic carbocycles. The summed E-state index contributed by atoms with van der Waals surface area (Å²) in [7, 11) is 0. The minimum Gasteiger partial charge on any atom is -0.366 e. The molecule has 0 saturated heterocycles. The largest absolute Gasteiger partial charge is 0.366 e. The van der Waals surface area contributed by atoms with Crippen LogP contribution in [-0.2, 0) is 0 Å². The molecule has 0 atom stereocenters. The van der Waals surface area contributed by atoms with Crippen LogP contribution in [0.1, 0.15) is 15.9 Å². The van der Waals surface area contributed by atoms with Crippen molar-refractivity contribution in [3.05, 3.63) is 65.2 Å². The number of aryl methyl sites for hydroxylation is 1. The summed E-state index contributed by atoms with van der Waals surface area (Å²) in [6, 6.07) is 10.7. The number of primary amides is 1. The molecule has 0 radical (unpaired) electrons. The van der Waals surface area contributed by atoms with Crippen LogP contribution in [0.25, 0.3) is 22.2 Å². The number of carbonyl (C=O) groups excluding carboxylic acids is 1. The van der Waals surface area contributed by atoms with E-state index in [0.29, 0.717) is 22.2 Å². The smallest absolute Gasteiger partial charge is 0.248 e. The highest BCUT2D eigenvalue weighted by molar-refractivity contribution is 5.93. The number of nitrogens with zero attached hydrogens (tertiary/aromatic N) is 1. The van der Waals surface area contributed by atoms with Gasteiger partial charge in [-0.3, -0.25) is 4.79 Å². The van der Waals surface area contributed by atoms with Crippen molar-refractivity contribution in [1.29, 1.82) is 0 Å². The molecule has 1 amide bonds. The Bertz CT molecular complexity index is 889. The van der Waals surface area contributed by atoms with Gasteiger partial charge in [0.05, 0.1) is 11.2 Å². The van der Waals surface area contributed by atoms with Gasteiger partial charge in [0.1, 0.15) is 0 Å². The van der Waals surface area contributed by atoms with Crippen LogP contribution in [-0.4, -0.2) is 10.9 Å². The Labute approximate surface area is 125 Å². The van der Waals surface area contributed by atoms with E-state index in [1.54, 1.807) is 30.3 Å². The number of pyridine rings is 1. The van der Waals surface area contributed by atoms with Crippen LogP contribution >= 0.6 is 0 Å². The number of carbonyl (C=O) groups is 1. The highest BCUT2D eigenvalue weighted by atomic mass is 19.2. The number of fused-ring (bicyclic) bond motifs is 1. The minimum atomic E-state index is -0.930. The number of hydrogen-bond donors (Lipinski definition) is 1. The summed E-state index contributed by atoms with van der Waals surface area (Å²) in [6.45, 7) is 1.81. The average molecular weight is 298 g/mol. The first-order chi connectivity index (χ1) is 10.5. The number of nitrogens with two attached hydrogens (primary N) is 1. The average Bonchev–Trinajstić information content (AvgIpc) is 2.49. The maximum atomic E-state index is 13.4. The van der Waals surface area contributed by atoms with E-state index >= 15 is 0 Å². The van der Waals surface area contributed by atoms with Crippen LogP contribution in [0.5, 0.6) is 0 Å². The van der Waals surface area contributed by atoms with Gasteiger partial charge < -0.3 is 5.73 Å². The highest BCUT2D eigenvalue weighted by Crippen LogP contribution is 2.26. The number of benzene rings is 2. The van der Waals surface area contributed by atoms with Crippen molar-refractivity contribution in [2.45, 2.75) is 6.92 Å². The molecular weight excluding hydrogens is 286 g/mol. The van der Waals surface area contributed by atoms with Crippen molar-refractivity contribution in [3.63, 3.8) is 0 Å². The molecule has 3 nitrogen and oxygen atoms in total. The third-order valence-electron chi connectivity index (χ3n) is 3.52. The molecule has 5 heteroatoms. The number of hydrogen-bond acceptors (Lipinski definition) is 2. The van der Waals surface area contributed by atoms with Gasteiger partial charge in [-0.05, 0) is 36.8 Å². The van der Waals surface area contributed by atoms with Crippen LogP contribution in [0, 0.1) is 18.6 Å². The molecule has 2 N–H and O–H groups in total. The first kappa shape index (κ1) is 14.1. The van der Waals surface area contributed by atoms with Crippen molar-refractivity contribution in [3.8, 4) is 11.3 Å². The summed E-state index contributed by atoms with van der Waals surface area (Å²) in [4.78, 5) is 15.4. The SMILES string of the molecule is Cc1cc(-c2ccc(C(N)=O)cc2)nc2cc(F)c(F)cc12. The monoisotopic (exact) mass is 298 g/mol. The zero-order valence-electron chi connectivity index (χ0n) is 11.7. The quantitative estimate of drug-likeness (QED) is 0.786. The predicted molar refractivity (Wildman–Crippen MR) is 80.3 cm³/mol. The van der Waals surface area contributed by atoms with Gasteiger partial charge >= 0.3 is 0 Å². The number of aromatic nitrogens is 1. The third kappa shape index (κ3) is 2.41. The van der Waals surface area contributed by atoms with Crippen molar-refractivity contribution in [2.75, 3.05) is 0 Å². The molecule has 3 rings (SSSR count). The maximum absolute atomic E-state index is 13.4. The second kappa shape index (κ2) is 5.18. The Hall–Kier alpha value is -2.82. The molecule has 3 aromatic rings. The van der Waals surface area contributed by atoms with E-state index in [1.165, 1.54) is 0 Å². The molecule has 22 heavy (non-hydrogen) atoms. The number of amides is 1. The summed E-state index contributed by atoms with van der Waals surface area (Å²) in [5, 5.41) is 0.566. The number of rotatable bonds is 2. The molecule has 0 unspecified atom stereocenters. The second-order valence-electron chi connectivity index (χ2n) is 5.05. The molecule has 0 aliphatic rings. The fourth-order valence-electron chi connectivity index (χ4n) is 2.34. The van der Waals surface area contributed by atoms with Gasteiger partial charge in [0.25, 0.3) is 0 Å². The van der Waals surface area contributed by atoms with E-state index in [9.17, 15) is 13.6 Å². The van der Waals surface area contributed by atoms with E-state index in [4.69, 9.17) is 5.73 Å². The summed E-state index contributed by atoms with van der Waals surface area (Å²) in [5.41, 5.74) is 8.15. The van der Waals surface area contributed by atoms with Crippen molar-refractivity contribution < 1.29 is 13.6 Å². The van der Waals surface area contributed by atoms with Gasteiger partial charge in [0.15, 0.2) is 11.6 Å². The van der Waals surface area contributed by atoms with Gasteiger partial charge in [-0.15, -0.1) is 0 Å².